The highest BCUT2D eigenvalue weighted by Crippen LogP contribution is 2.29. The number of hydrogen-bond acceptors (Lipinski definition) is 5. The summed E-state index contributed by atoms with van der Waals surface area (Å²) >= 11 is 0. The average Bonchev–Trinajstić information content (AvgIpc) is 2.90. The van der Waals surface area contributed by atoms with Crippen LogP contribution in [0.1, 0.15) is 31.4 Å². The summed E-state index contributed by atoms with van der Waals surface area (Å²) in [6.07, 6.45) is 0.452. The smallest absolute Gasteiger partial charge is 0.223 e. The number of sulfone groups is 1. The van der Waals surface area contributed by atoms with Gasteiger partial charge in [-0.05, 0) is 23.6 Å². The molecule has 1 aromatic carbocycles. The van der Waals surface area contributed by atoms with Gasteiger partial charge in [-0.1, -0.05) is 26.0 Å². The van der Waals surface area contributed by atoms with Crippen LogP contribution < -0.4 is 0 Å². The fourth-order valence-corrected chi connectivity index (χ4v) is 5.98. The van der Waals surface area contributed by atoms with Gasteiger partial charge in [0.15, 0.2) is 9.84 Å². The number of benzene rings is 1. The summed E-state index contributed by atoms with van der Waals surface area (Å²) in [4.78, 5) is 16.5. The maximum atomic E-state index is 12.6. The van der Waals surface area contributed by atoms with Crippen molar-refractivity contribution in [1.29, 1.82) is 5.26 Å². The lowest BCUT2D eigenvalue weighted by Gasteiger charge is -2.44. The van der Waals surface area contributed by atoms with E-state index in [1.165, 1.54) is 0 Å². The molecule has 0 aliphatic carbocycles. The molecule has 2 fully saturated rings. The Morgan fingerprint density at radius 3 is 2.69 bits per heavy atom. The molecule has 1 amide bonds. The minimum atomic E-state index is -3.15. The van der Waals surface area contributed by atoms with Crippen LogP contribution in [0.4, 0.5) is 0 Å². The van der Waals surface area contributed by atoms with E-state index in [-0.39, 0.29) is 35.4 Å². The Morgan fingerprint density at radius 1 is 1.27 bits per heavy atom. The molecule has 0 aromatic heterocycles. The second-order valence-corrected chi connectivity index (χ2v) is 9.83. The number of piperazine rings is 1. The quantitative estimate of drug-likeness (QED) is 0.795. The van der Waals surface area contributed by atoms with Crippen LogP contribution in [0.15, 0.2) is 24.3 Å². The van der Waals surface area contributed by atoms with Gasteiger partial charge in [0.05, 0.1) is 29.2 Å². The Labute approximate surface area is 155 Å². The van der Waals surface area contributed by atoms with Crippen molar-refractivity contribution >= 4 is 15.7 Å². The van der Waals surface area contributed by atoms with Crippen LogP contribution in [0, 0.1) is 17.2 Å². The van der Waals surface area contributed by atoms with Gasteiger partial charge in [-0.15, -0.1) is 0 Å². The summed E-state index contributed by atoms with van der Waals surface area (Å²) < 4.78 is 24.6. The zero-order valence-electron chi connectivity index (χ0n) is 15.3. The van der Waals surface area contributed by atoms with Crippen molar-refractivity contribution in [3.05, 3.63) is 35.4 Å². The number of rotatable bonds is 4. The van der Waals surface area contributed by atoms with Gasteiger partial charge in [0.25, 0.3) is 0 Å². The normalized spacial score (nSPS) is 25.1. The van der Waals surface area contributed by atoms with Gasteiger partial charge in [0.2, 0.25) is 5.91 Å². The standard InChI is InChI=1S/C19H25N3O3S/c1-14(2)8-19(23)22-7-6-21(17-12-26(24,25)13-18(17)22)11-16-5-3-4-15(9-16)10-20/h3-5,9,14,17-18H,6-8,11-13H2,1-2H3/t17-,18+/m0/s1. The molecule has 2 saturated heterocycles. The predicted octanol–water partition coefficient (Wildman–Crippen LogP) is 1.41. The van der Waals surface area contributed by atoms with Crippen molar-refractivity contribution in [2.75, 3.05) is 24.6 Å². The first-order valence-electron chi connectivity index (χ1n) is 9.02. The molecule has 0 N–H and O–H groups in total. The molecule has 26 heavy (non-hydrogen) atoms. The monoisotopic (exact) mass is 375 g/mol. The van der Waals surface area contributed by atoms with Crippen LogP contribution in [0.25, 0.3) is 0 Å². The number of fused-ring (bicyclic) bond motifs is 1. The second-order valence-electron chi connectivity index (χ2n) is 7.68. The molecule has 3 rings (SSSR count). The third-order valence-electron chi connectivity index (χ3n) is 5.14. The predicted molar refractivity (Wildman–Crippen MR) is 99.0 cm³/mol. The van der Waals surface area contributed by atoms with Gasteiger partial charge >= 0.3 is 0 Å². The Bertz CT molecular complexity index is 829. The van der Waals surface area contributed by atoms with Gasteiger partial charge in [-0.25, -0.2) is 8.42 Å². The third-order valence-corrected chi connectivity index (χ3v) is 6.83. The molecule has 0 radical (unpaired) electrons. The van der Waals surface area contributed by atoms with Crippen molar-refractivity contribution in [3.8, 4) is 6.07 Å². The average molecular weight is 375 g/mol. The number of nitrogens with zero attached hydrogens (tertiary/aromatic N) is 3. The Kier molecular flexibility index (Phi) is 5.35. The van der Waals surface area contributed by atoms with Crippen molar-refractivity contribution in [2.45, 2.75) is 38.9 Å². The highest BCUT2D eigenvalue weighted by atomic mass is 32.2. The summed E-state index contributed by atoms with van der Waals surface area (Å²) in [5.74, 6) is 0.459. The molecule has 2 atom stereocenters. The lowest BCUT2D eigenvalue weighted by molar-refractivity contribution is -0.137. The van der Waals surface area contributed by atoms with E-state index in [9.17, 15) is 13.2 Å². The molecular weight excluding hydrogens is 350 g/mol. The van der Waals surface area contributed by atoms with Crippen LogP contribution in [0.5, 0.6) is 0 Å². The number of hydrogen-bond donors (Lipinski definition) is 0. The van der Waals surface area contributed by atoms with Crippen LogP contribution >= 0.6 is 0 Å². The van der Waals surface area contributed by atoms with Gasteiger partial charge < -0.3 is 4.90 Å². The first-order valence-corrected chi connectivity index (χ1v) is 10.8. The van der Waals surface area contributed by atoms with E-state index in [4.69, 9.17) is 5.26 Å². The fraction of sp³-hybridized carbons (Fsp3) is 0.579. The minimum Gasteiger partial charge on any atom is -0.336 e. The van der Waals surface area contributed by atoms with E-state index < -0.39 is 9.84 Å². The summed E-state index contributed by atoms with van der Waals surface area (Å²) in [5.41, 5.74) is 1.60. The molecule has 2 aliphatic heterocycles. The zero-order valence-corrected chi connectivity index (χ0v) is 16.1. The largest absolute Gasteiger partial charge is 0.336 e. The maximum absolute atomic E-state index is 12.6. The highest BCUT2D eigenvalue weighted by molar-refractivity contribution is 7.91. The van der Waals surface area contributed by atoms with E-state index in [0.717, 1.165) is 5.56 Å². The van der Waals surface area contributed by atoms with Gasteiger partial charge in [-0.3, -0.25) is 9.69 Å². The van der Waals surface area contributed by atoms with Crippen LogP contribution in [0.3, 0.4) is 0 Å². The van der Waals surface area contributed by atoms with Gasteiger partial charge in [-0.2, -0.15) is 5.26 Å². The zero-order chi connectivity index (χ0) is 18.9. The fourth-order valence-electron chi connectivity index (χ4n) is 3.97. The topological polar surface area (TPSA) is 81.5 Å². The molecule has 0 saturated carbocycles. The first kappa shape index (κ1) is 18.9. The van der Waals surface area contributed by atoms with Crippen molar-refractivity contribution in [2.24, 2.45) is 5.92 Å². The molecule has 6 nitrogen and oxygen atoms in total. The lowest BCUT2D eigenvalue weighted by Crippen LogP contribution is -2.60. The Morgan fingerprint density at radius 2 is 2.00 bits per heavy atom. The Hall–Kier alpha value is -1.91. The number of carbonyl (C=O) groups is 1. The van der Waals surface area contributed by atoms with E-state index in [1.54, 1.807) is 11.0 Å². The highest BCUT2D eigenvalue weighted by Gasteiger charge is 2.47. The van der Waals surface area contributed by atoms with Crippen LogP contribution in [-0.4, -0.2) is 60.8 Å². The molecule has 0 unspecified atom stereocenters. The van der Waals surface area contributed by atoms with Crippen LogP contribution in [-0.2, 0) is 21.2 Å². The number of nitriles is 1. The summed E-state index contributed by atoms with van der Waals surface area (Å²) in [5, 5.41) is 9.07. The second kappa shape index (κ2) is 7.37. The van der Waals surface area contributed by atoms with Crippen molar-refractivity contribution < 1.29 is 13.2 Å². The van der Waals surface area contributed by atoms with Gasteiger partial charge in [0, 0.05) is 32.1 Å². The molecule has 1 aromatic rings. The van der Waals surface area contributed by atoms with E-state index in [2.05, 4.69) is 11.0 Å². The number of carbonyl (C=O) groups excluding carboxylic acids is 1. The van der Waals surface area contributed by atoms with E-state index in [1.807, 2.05) is 32.0 Å². The molecule has 7 heteroatoms. The summed E-state index contributed by atoms with van der Waals surface area (Å²) in [6, 6.07) is 9.10. The first-order chi connectivity index (χ1) is 12.3. The van der Waals surface area contributed by atoms with Crippen LogP contribution in [0.2, 0.25) is 0 Å². The van der Waals surface area contributed by atoms with Gasteiger partial charge in [0.1, 0.15) is 0 Å². The summed E-state index contributed by atoms with van der Waals surface area (Å²) in [7, 11) is -3.15. The Balaban J connectivity index is 1.80. The minimum absolute atomic E-state index is 0.0518. The van der Waals surface area contributed by atoms with E-state index >= 15 is 0 Å². The maximum Gasteiger partial charge on any atom is 0.223 e. The molecule has 140 valence electrons. The molecule has 0 spiro atoms. The molecular formula is C19H25N3O3S. The number of amides is 1. The summed E-state index contributed by atoms with van der Waals surface area (Å²) in [6.45, 7) is 5.80. The molecule has 0 bridgehead atoms. The van der Waals surface area contributed by atoms with Crippen molar-refractivity contribution in [3.63, 3.8) is 0 Å². The SMILES string of the molecule is CC(C)CC(=O)N1CCN(Cc2cccc(C#N)c2)[C@H]2CS(=O)(=O)C[C@H]21. The lowest BCUT2D eigenvalue weighted by atomic mass is 10.0. The van der Waals surface area contributed by atoms with Crippen molar-refractivity contribution in [1.82, 2.24) is 9.80 Å². The third kappa shape index (κ3) is 4.08. The molecule has 2 heterocycles. The molecule has 2 aliphatic rings. The van der Waals surface area contributed by atoms with E-state index in [0.29, 0.717) is 31.6 Å².